The Morgan fingerprint density at radius 3 is 2.69 bits per heavy atom. The molecule has 70 valence electrons. The molecule has 0 radical (unpaired) electrons. The van der Waals surface area contributed by atoms with Gasteiger partial charge in [0.05, 0.1) is 11.9 Å². The number of carbonyl (C=O) groups is 1. The summed E-state index contributed by atoms with van der Waals surface area (Å²) in [6, 6.07) is 0. The molecule has 0 saturated carbocycles. The molecular formula is C9H13N3O. The first kappa shape index (κ1) is 9.64. The summed E-state index contributed by atoms with van der Waals surface area (Å²) in [6.07, 6.45) is 3.24. The highest BCUT2D eigenvalue weighted by atomic mass is 16.1. The van der Waals surface area contributed by atoms with Crippen molar-refractivity contribution >= 4 is 11.7 Å². The van der Waals surface area contributed by atoms with Gasteiger partial charge in [0, 0.05) is 13.1 Å². The molecule has 0 aliphatic heterocycles. The molecule has 1 aromatic rings. The van der Waals surface area contributed by atoms with Gasteiger partial charge in [-0.2, -0.15) is 0 Å². The fourth-order valence-corrected chi connectivity index (χ4v) is 0.900. The van der Waals surface area contributed by atoms with Gasteiger partial charge >= 0.3 is 0 Å². The minimum absolute atomic E-state index is 0.129. The zero-order valence-corrected chi connectivity index (χ0v) is 8.03. The van der Waals surface area contributed by atoms with E-state index < -0.39 is 0 Å². The number of hydrogen-bond acceptors (Lipinski definition) is 3. The molecule has 0 atom stereocenters. The van der Waals surface area contributed by atoms with Gasteiger partial charge in [0.2, 0.25) is 5.91 Å². The van der Waals surface area contributed by atoms with Crippen LogP contribution in [0.25, 0.3) is 0 Å². The first-order valence-corrected chi connectivity index (χ1v) is 4.19. The third-order valence-corrected chi connectivity index (χ3v) is 1.55. The lowest BCUT2D eigenvalue weighted by Crippen LogP contribution is -2.09. The predicted molar refractivity (Wildman–Crippen MR) is 50.4 cm³/mol. The summed E-state index contributed by atoms with van der Waals surface area (Å²) < 4.78 is 0. The largest absolute Gasteiger partial charge is 0.310 e. The van der Waals surface area contributed by atoms with E-state index in [9.17, 15) is 4.79 Å². The summed E-state index contributed by atoms with van der Waals surface area (Å²) in [5, 5.41) is 2.59. The molecule has 4 nitrogen and oxygen atoms in total. The SMILES string of the molecule is CC(=O)Nc1cncc(C(C)C)n1. The van der Waals surface area contributed by atoms with Gasteiger partial charge in [-0.15, -0.1) is 0 Å². The molecule has 1 heterocycles. The van der Waals surface area contributed by atoms with Crippen LogP contribution in [0.5, 0.6) is 0 Å². The van der Waals surface area contributed by atoms with Crippen LogP contribution in [0.1, 0.15) is 32.4 Å². The van der Waals surface area contributed by atoms with Gasteiger partial charge < -0.3 is 5.32 Å². The minimum atomic E-state index is -0.129. The summed E-state index contributed by atoms with van der Waals surface area (Å²) in [6.45, 7) is 5.51. The van der Waals surface area contributed by atoms with Crippen LogP contribution >= 0.6 is 0 Å². The van der Waals surface area contributed by atoms with Gasteiger partial charge in [0.1, 0.15) is 0 Å². The van der Waals surface area contributed by atoms with Crippen molar-refractivity contribution in [1.29, 1.82) is 0 Å². The summed E-state index contributed by atoms with van der Waals surface area (Å²) in [7, 11) is 0. The lowest BCUT2D eigenvalue weighted by Gasteiger charge is -2.05. The Morgan fingerprint density at radius 2 is 2.15 bits per heavy atom. The number of aromatic nitrogens is 2. The van der Waals surface area contributed by atoms with Crippen molar-refractivity contribution in [2.45, 2.75) is 26.7 Å². The number of rotatable bonds is 2. The summed E-state index contributed by atoms with van der Waals surface area (Å²) in [5.41, 5.74) is 0.881. The molecule has 1 amide bonds. The smallest absolute Gasteiger partial charge is 0.222 e. The van der Waals surface area contributed by atoms with Crippen LogP contribution in [0.3, 0.4) is 0 Å². The van der Waals surface area contributed by atoms with Crippen LogP contribution in [0.4, 0.5) is 5.82 Å². The van der Waals surface area contributed by atoms with Crippen molar-refractivity contribution in [2.75, 3.05) is 5.32 Å². The molecule has 13 heavy (non-hydrogen) atoms. The third kappa shape index (κ3) is 2.82. The summed E-state index contributed by atoms with van der Waals surface area (Å²) >= 11 is 0. The van der Waals surface area contributed by atoms with E-state index in [2.05, 4.69) is 15.3 Å². The maximum atomic E-state index is 10.7. The molecule has 1 aromatic heterocycles. The molecule has 0 saturated heterocycles. The Morgan fingerprint density at radius 1 is 1.46 bits per heavy atom. The van der Waals surface area contributed by atoms with Crippen molar-refractivity contribution < 1.29 is 4.79 Å². The van der Waals surface area contributed by atoms with Crippen molar-refractivity contribution in [1.82, 2.24) is 9.97 Å². The van der Waals surface area contributed by atoms with Crippen LogP contribution in [0.15, 0.2) is 12.4 Å². The van der Waals surface area contributed by atoms with E-state index in [4.69, 9.17) is 0 Å². The summed E-state index contributed by atoms with van der Waals surface area (Å²) in [5.74, 6) is 0.704. The second kappa shape index (κ2) is 3.98. The minimum Gasteiger partial charge on any atom is -0.310 e. The van der Waals surface area contributed by atoms with Crippen LogP contribution in [-0.2, 0) is 4.79 Å². The Labute approximate surface area is 77.4 Å². The zero-order chi connectivity index (χ0) is 9.84. The highest BCUT2D eigenvalue weighted by Gasteiger charge is 2.03. The number of anilines is 1. The molecule has 4 heteroatoms. The first-order valence-electron chi connectivity index (χ1n) is 4.19. The number of nitrogens with zero attached hydrogens (tertiary/aromatic N) is 2. The van der Waals surface area contributed by atoms with Crippen LogP contribution in [0, 0.1) is 0 Å². The Hall–Kier alpha value is -1.45. The second-order valence-corrected chi connectivity index (χ2v) is 3.17. The van der Waals surface area contributed by atoms with Crippen molar-refractivity contribution in [3.63, 3.8) is 0 Å². The third-order valence-electron chi connectivity index (χ3n) is 1.55. The van der Waals surface area contributed by atoms with E-state index in [1.165, 1.54) is 13.1 Å². The van der Waals surface area contributed by atoms with Gasteiger partial charge in [0.15, 0.2) is 5.82 Å². The van der Waals surface area contributed by atoms with E-state index in [-0.39, 0.29) is 5.91 Å². The molecule has 0 unspecified atom stereocenters. The van der Waals surface area contributed by atoms with E-state index >= 15 is 0 Å². The van der Waals surface area contributed by atoms with Crippen LogP contribution in [-0.4, -0.2) is 15.9 Å². The molecule has 0 aromatic carbocycles. The molecule has 1 rings (SSSR count). The number of amides is 1. The maximum Gasteiger partial charge on any atom is 0.222 e. The Balaban J connectivity index is 2.85. The van der Waals surface area contributed by atoms with E-state index in [1.54, 1.807) is 6.20 Å². The topological polar surface area (TPSA) is 54.9 Å². The monoisotopic (exact) mass is 179 g/mol. The lowest BCUT2D eigenvalue weighted by atomic mass is 10.1. The van der Waals surface area contributed by atoms with Crippen LogP contribution in [0.2, 0.25) is 0 Å². The molecule has 0 bridgehead atoms. The highest BCUT2D eigenvalue weighted by Crippen LogP contribution is 2.11. The fourth-order valence-electron chi connectivity index (χ4n) is 0.900. The molecule has 0 fully saturated rings. The van der Waals surface area contributed by atoms with Crippen molar-refractivity contribution in [2.24, 2.45) is 0 Å². The normalized spacial score (nSPS) is 10.2. The number of hydrogen-bond donors (Lipinski definition) is 1. The summed E-state index contributed by atoms with van der Waals surface area (Å²) in [4.78, 5) is 18.9. The quantitative estimate of drug-likeness (QED) is 0.749. The molecule has 0 aliphatic carbocycles. The second-order valence-electron chi connectivity index (χ2n) is 3.17. The van der Waals surface area contributed by atoms with E-state index in [0.29, 0.717) is 11.7 Å². The standard InChI is InChI=1S/C9H13N3O/c1-6(2)8-4-10-5-9(12-8)11-7(3)13/h4-6H,1-3H3,(H,11,12,13). The van der Waals surface area contributed by atoms with E-state index in [0.717, 1.165) is 5.69 Å². The molecule has 0 aliphatic rings. The van der Waals surface area contributed by atoms with Gasteiger partial charge in [0.25, 0.3) is 0 Å². The maximum absolute atomic E-state index is 10.7. The Bertz CT molecular complexity index is 309. The van der Waals surface area contributed by atoms with Gasteiger partial charge in [-0.3, -0.25) is 9.78 Å². The molecule has 1 N–H and O–H groups in total. The van der Waals surface area contributed by atoms with Crippen LogP contribution < -0.4 is 5.32 Å². The fraction of sp³-hybridized carbons (Fsp3) is 0.444. The van der Waals surface area contributed by atoms with E-state index in [1.807, 2.05) is 13.8 Å². The lowest BCUT2D eigenvalue weighted by molar-refractivity contribution is -0.114. The van der Waals surface area contributed by atoms with Gasteiger partial charge in [-0.05, 0) is 5.92 Å². The molecular weight excluding hydrogens is 166 g/mol. The van der Waals surface area contributed by atoms with Gasteiger partial charge in [-0.1, -0.05) is 13.8 Å². The van der Waals surface area contributed by atoms with Gasteiger partial charge in [-0.25, -0.2) is 4.98 Å². The number of nitrogens with one attached hydrogen (secondary N) is 1. The number of carbonyl (C=O) groups excluding carboxylic acids is 1. The first-order chi connectivity index (χ1) is 6.09. The average molecular weight is 179 g/mol. The molecule has 0 spiro atoms. The predicted octanol–water partition coefficient (Wildman–Crippen LogP) is 1.56. The van der Waals surface area contributed by atoms with Crippen molar-refractivity contribution in [3.8, 4) is 0 Å². The Kier molecular flexibility index (Phi) is 2.95. The average Bonchev–Trinajstić information content (AvgIpc) is 2.03. The zero-order valence-electron chi connectivity index (χ0n) is 8.03. The van der Waals surface area contributed by atoms with Crippen molar-refractivity contribution in [3.05, 3.63) is 18.1 Å². The highest BCUT2D eigenvalue weighted by molar-refractivity contribution is 5.87.